The summed E-state index contributed by atoms with van der Waals surface area (Å²) in [6.45, 7) is 0.274. The summed E-state index contributed by atoms with van der Waals surface area (Å²) in [6, 6.07) is 0. The Morgan fingerprint density at radius 1 is 1.67 bits per heavy atom. The number of nitrogens with zero attached hydrogens (tertiary/aromatic N) is 1. The Hall–Kier alpha value is 0.160. The van der Waals surface area contributed by atoms with Gasteiger partial charge in [-0.15, -0.1) is 0 Å². The first-order valence-electron chi connectivity index (χ1n) is 2.39. The van der Waals surface area contributed by atoms with Crippen molar-refractivity contribution >= 4 is 19.7 Å². The largest absolute Gasteiger partial charge is 0.784 e. The third kappa shape index (κ3) is 1.35. The zero-order chi connectivity index (χ0) is 7.07. The molecule has 0 spiro atoms. The number of hydroxylamine groups is 2. The van der Waals surface area contributed by atoms with Crippen LogP contribution in [0.2, 0.25) is 0 Å². The summed E-state index contributed by atoms with van der Waals surface area (Å²) in [7, 11) is 1.23. The highest BCUT2D eigenvalue weighted by atomic mass is 35.7. The molecule has 0 saturated carbocycles. The van der Waals surface area contributed by atoms with Crippen LogP contribution in [0, 0.1) is 5.21 Å². The maximum Gasteiger partial charge on any atom is 0.247 e. The molecule has 0 amide bonds. The number of hydrogen-bond donors (Lipinski definition) is 0. The minimum Gasteiger partial charge on any atom is -0.784 e. The van der Waals surface area contributed by atoms with Gasteiger partial charge in [0.05, 0.1) is 0 Å². The van der Waals surface area contributed by atoms with Crippen molar-refractivity contribution in [3.63, 3.8) is 0 Å². The summed E-state index contributed by atoms with van der Waals surface area (Å²) in [5, 5.41) is 9.80. The van der Waals surface area contributed by atoms with E-state index >= 15 is 0 Å². The Balaban J connectivity index is 2.66. The molecule has 0 aromatic rings. The fourth-order valence-electron chi connectivity index (χ4n) is 0.621. The summed E-state index contributed by atoms with van der Waals surface area (Å²) in [5.41, 5.74) is 0. The van der Waals surface area contributed by atoms with E-state index in [1.807, 2.05) is 0 Å². The molecule has 54 valence electrons. The van der Waals surface area contributed by atoms with Crippen molar-refractivity contribution < 1.29 is 8.42 Å². The molecular weight excluding hydrogens is 166 g/mol. The van der Waals surface area contributed by atoms with Crippen LogP contribution >= 0.6 is 10.7 Å². The van der Waals surface area contributed by atoms with Crippen molar-refractivity contribution in [2.75, 3.05) is 6.54 Å². The van der Waals surface area contributed by atoms with Gasteiger partial charge in [-0.2, -0.15) is 0 Å². The predicted molar refractivity (Wildman–Crippen MR) is 33.3 cm³/mol. The minimum absolute atomic E-state index is 0.274. The molecule has 0 radical (unpaired) electrons. The molecular formula is C3H5ClNO3S-. The highest BCUT2D eigenvalue weighted by molar-refractivity contribution is 8.14. The molecule has 0 N–H and O–H groups in total. The normalized spacial score (nSPS) is 29.8. The van der Waals surface area contributed by atoms with Gasteiger partial charge in [-0.05, 0) is 13.0 Å². The van der Waals surface area contributed by atoms with Gasteiger partial charge < -0.3 is 10.3 Å². The number of halogens is 1. The van der Waals surface area contributed by atoms with Crippen LogP contribution in [0.15, 0.2) is 0 Å². The van der Waals surface area contributed by atoms with Gasteiger partial charge in [-0.3, -0.25) is 0 Å². The van der Waals surface area contributed by atoms with Crippen molar-refractivity contribution in [1.29, 1.82) is 0 Å². The van der Waals surface area contributed by atoms with Gasteiger partial charge in [0.2, 0.25) is 9.05 Å². The lowest BCUT2D eigenvalue weighted by molar-refractivity contribution is 0.224. The summed E-state index contributed by atoms with van der Waals surface area (Å²) >= 11 is 0. The van der Waals surface area contributed by atoms with Gasteiger partial charge in [-0.1, -0.05) is 0 Å². The minimum atomic E-state index is -3.63. The summed E-state index contributed by atoms with van der Waals surface area (Å²) in [4.78, 5) is 0. The van der Waals surface area contributed by atoms with Gasteiger partial charge in [-0.25, -0.2) is 8.42 Å². The van der Waals surface area contributed by atoms with Crippen LogP contribution in [0.25, 0.3) is 0 Å². The fraction of sp³-hybridized carbons (Fsp3) is 1.00. The molecule has 0 bridgehead atoms. The maximum atomic E-state index is 10.3. The fourth-order valence-corrected chi connectivity index (χ4v) is 1.93. The van der Waals surface area contributed by atoms with Crippen molar-refractivity contribution in [1.82, 2.24) is 5.06 Å². The van der Waals surface area contributed by atoms with Crippen molar-refractivity contribution in [2.45, 2.75) is 11.8 Å². The van der Waals surface area contributed by atoms with Crippen molar-refractivity contribution in [3.8, 4) is 0 Å². The first-order chi connectivity index (χ1) is 4.02. The molecule has 0 aliphatic carbocycles. The number of hydrogen-bond acceptors (Lipinski definition) is 4. The van der Waals surface area contributed by atoms with Crippen molar-refractivity contribution in [3.05, 3.63) is 5.21 Å². The Morgan fingerprint density at radius 2 is 2.22 bits per heavy atom. The molecule has 1 saturated heterocycles. The highest BCUT2D eigenvalue weighted by Crippen LogP contribution is 2.23. The third-order valence-corrected chi connectivity index (χ3v) is 2.98. The lowest BCUT2D eigenvalue weighted by Crippen LogP contribution is -2.46. The van der Waals surface area contributed by atoms with E-state index < -0.39 is 14.4 Å². The smallest absolute Gasteiger partial charge is 0.247 e. The Morgan fingerprint density at radius 3 is 2.22 bits per heavy atom. The molecule has 1 heterocycles. The summed E-state index contributed by atoms with van der Waals surface area (Å²) < 4.78 is 20.7. The molecule has 0 aromatic carbocycles. The molecule has 0 aromatic heterocycles. The molecule has 1 rings (SSSR count). The topological polar surface area (TPSA) is 60.4 Å². The van der Waals surface area contributed by atoms with Gasteiger partial charge in [0.1, 0.15) is 5.37 Å². The van der Waals surface area contributed by atoms with Crippen LogP contribution in [0.5, 0.6) is 0 Å². The second kappa shape index (κ2) is 2.09. The molecule has 1 aliphatic rings. The van der Waals surface area contributed by atoms with E-state index in [-0.39, 0.29) is 6.54 Å². The van der Waals surface area contributed by atoms with E-state index in [4.69, 9.17) is 10.7 Å². The second-order valence-electron chi connectivity index (χ2n) is 1.86. The second-order valence-corrected chi connectivity index (χ2v) is 4.65. The molecule has 1 unspecified atom stereocenters. The monoisotopic (exact) mass is 170 g/mol. The third-order valence-electron chi connectivity index (χ3n) is 1.24. The van der Waals surface area contributed by atoms with Crippen molar-refractivity contribution in [2.24, 2.45) is 0 Å². The Bertz CT molecular complexity index is 201. The van der Waals surface area contributed by atoms with E-state index in [1.54, 1.807) is 0 Å². The van der Waals surface area contributed by atoms with Crippen LogP contribution in [-0.2, 0) is 9.05 Å². The van der Waals surface area contributed by atoms with E-state index in [2.05, 4.69) is 0 Å². The lowest BCUT2D eigenvalue weighted by atomic mass is 10.3. The van der Waals surface area contributed by atoms with E-state index in [9.17, 15) is 13.6 Å². The molecule has 1 fully saturated rings. The lowest BCUT2D eigenvalue weighted by Gasteiger charge is -2.43. The molecule has 4 nitrogen and oxygen atoms in total. The Labute approximate surface area is 57.4 Å². The Kier molecular flexibility index (Phi) is 1.69. The van der Waals surface area contributed by atoms with E-state index in [0.717, 1.165) is 0 Å². The van der Waals surface area contributed by atoms with Gasteiger partial charge in [0.25, 0.3) is 0 Å². The van der Waals surface area contributed by atoms with Crippen LogP contribution < -0.4 is 0 Å². The van der Waals surface area contributed by atoms with Crippen LogP contribution in [0.4, 0.5) is 0 Å². The molecule has 1 aliphatic heterocycles. The standard InChI is InChI=1S/C3H5ClNO3S/c4-9(7,8)3-1-2-5(3)6/h3H,1-2H2/q-1. The zero-order valence-corrected chi connectivity index (χ0v) is 6.02. The summed E-state index contributed by atoms with van der Waals surface area (Å²) in [5.74, 6) is 0. The van der Waals surface area contributed by atoms with Gasteiger partial charge in [0, 0.05) is 10.7 Å². The van der Waals surface area contributed by atoms with Gasteiger partial charge in [0.15, 0.2) is 0 Å². The number of rotatable bonds is 1. The van der Waals surface area contributed by atoms with Crippen LogP contribution in [0.1, 0.15) is 6.42 Å². The first-order valence-corrected chi connectivity index (χ1v) is 4.76. The van der Waals surface area contributed by atoms with E-state index in [0.29, 0.717) is 11.5 Å². The predicted octanol–water partition coefficient (Wildman–Crippen LogP) is 0.0846. The van der Waals surface area contributed by atoms with Crippen LogP contribution in [0.3, 0.4) is 0 Å². The molecule has 6 heteroatoms. The zero-order valence-electron chi connectivity index (χ0n) is 4.45. The van der Waals surface area contributed by atoms with Crippen LogP contribution in [-0.4, -0.2) is 25.4 Å². The summed E-state index contributed by atoms with van der Waals surface area (Å²) in [6.07, 6.45) is 0.356. The quantitative estimate of drug-likeness (QED) is 0.523. The average molecular weight is 171 g/mol. The SMILES string of the molecule is O=S(=O)(Cl)C1CCN1[O-]. The maximum absolute atomic E-state index is 10.3. The molecule has 9 heavy (non-hydrogen) atoms. The highest BCUT2D eigenvalue weighted by Gasteiger charge is 2.31. The van der Waals surface area contributed by atoms with Gasteiger partial charge >= 0.3 is 0 Å². The molecule has 1 atom stereocenters. The first kappa shape index (κ1) is 7.27. The average Bonchev–Trinajstić information content (AvgIpc) is 1.57. The van der Waals surface area contributed by atoms with E-state index in [1.165, 1.54) is 0 Å².